The molecule has 1 unspecified atom stereocenters. The number of hydrogen-bond acceptors (Lipinski definition) is 4. The van der Waals surface area contributed by atoms with Gasteiger partial charge in [0.2, 0.25) is 5.91 Å². The predicted octanol–water partition coefficient (Wildman–Crippen LogP) is 2.50. The summed E-state index contributed by atoms with van der Waals surface area (Å²) >= 11 is 0. The zero-order valence-corrected chi connectivity index (χ0v) is 13.2. The van der Waals surface area contributed by atoms with Gasteiger partial charge >= 0.3 is 0 Å². The van der Waals surface area contributed by atoms with E-state index < -0.39 is 11.7 Å². The van der Waals surface area contributed by atoms with Crippen LogP contribution in [-0.4, -0.2) is 24.4 Å². The Labute approximate surface area is 139 Å². The third-order valence-corrected chi connectivity index (χ3v) is 4.38. The second-order valence-corrected chi connectivity index (χ2v) is 6.02. The maximum Gasteiger partial charge on any atom is 0.291 e. The Morgan fingerprint density at radius 3 is 2.92 bits per heavy atom. The van der Waals surface area contributed by atoms with Crippen molar-refractivity contribution in [1.29, 1.82) is 0 Å². The molecule has 1 aromatic carbocycles. The quantitative estimate of drug-likeness (QED) is 0.887. The number of nitrogens with zero attached hydrogens (tertiary/aromatic N) is 2. The molecule has 7 heteroatoms. The average molecular weight is 330 g/mol. The van der Waals surface area contributed by atoms with Gasteiger partial charge in [0.25, 0.3) is 5.91 Å². The fourth-order valence-electron chi connectivity index (χ4n) is 3.18. The number of carbonyl (C=O) groups excluding carboxylic acids is 2. The van der Waals surface area contributed by atoms with Crippen molar-refractivity contribution >= 4 is 17.5 Å². The lowest BCUT2D eigenvalue weighted by Gasteiger charge is -2.25. The minimum atomic E-state index is -0.515. The van der Waals surface area contributed by atoms with Crippen LogP contribution in [0, 0.1) is 5.82 Å². The molecule has 2 amide bonds. The number of hydrogen-bond donors (Lipinski definition) is 2. The summed E-state index contributed by atoms with van der Waals surface area (Å²) in [5.74, 6) is -1.19. The number of halogens is 1. The standard InChI is InChI=1S/C17H19FN4O2/c18-13-6-5-10(8-15(13)20-16(23)9-19)7-14-11-3-1-2-4-12(11)17(24)22-21-14/h5-6,8,14H,1-4,7,9,19H2,(H,20,23). The Kier molecular flexibility index (Phi) is 4.80. The van der Waals surface area contributed by atoms with Crippen LogP contribution in [0.4, 0.5) is 10.1 Å². The first-order valence-corrected chi connectivity index (χ1v) is 8.04. The van der Waals surface area contributed by atoms with Crippen LogP contribution in [-0.2, 0) is 16.0 Å². The Balaban J connectivity index is 1.82. The van der Waals surface area contributed by atoms with Gasteiger partial charge in [0.15, 0.2) is 0 Å². The Hall–Kier alpha value is -2.41. The van der Waals surface area contributed by atoms with Gasteiger partial charge in [0, 0.05) is 12.0 Å². The number of anilines is 1. The number of carbonyl (C=O) groups is 2. The van der Waals surface area contributed by atoms with E-state index in [1.807, 2.05) is 0 Å². The molecule has 1 aromatic rings. The van der Waals surface area contributed by atoms with Crippen molar-refractivity contribution in [3.05, 3.63) is 40.7 Å². The maximum absolute atomic E-state index is 13.8. The monoisotopic (exact) mass is 330 g/mol. The zero-order chi connectivity index (χ0) is 17.1. The lowest BCUT2D eigenvalue weighted by Crippen LogP contribution is -2.24. The molecule has 3 rings (SSSR count). The van der Waals surface area contributed by atoms with Gasteiger partial charge in [0.05, 0.1) is 18.3 Å². The van der Waals surface area contributed by atoms with Gasteiger partial charge in [-0.3, -0.25) is 9.59 Å². The molecule has 0 fully saturated rings. The fourth-order valence-corrected chi connectivity index (χ4v) is 3.18. The van der Waals surface area contributed by atoms with Crippen molar-refractivity contribution in [2.75, 3.05) is 11.9 Å². The number of azo groups is 1. The molecule has 1 aliphatic heterocycles. The molecule has 0 saturated heterocycles. The average Bonchev–Trinajstić information content (AvgIpc) is 2.60. The van der Waals surface area contributed by atoms with E-state index in [1.54, 1.807) is 12.1 Å². The minimum Gasteiger partial charge on any atom is -0.322 e. The van der Waals surface area contributed by atoms with Crippen LogP contribution in [0.15, 0.2) is 39.6 Å². The first-order valence-electron chi connectivity index (χ1n) is 8.04. The highest BCUT2D eigenvalue weighted by atomic mass is 19.1. The third-order valence-electron chi connectivity index (χ3n) is 4.38. The molecule has 1 aliphatic carbocycles. The number of benzene rings is 1. The molecule has 3 N–H and O–H groups in total. The highest BCUT2D eigenvalue weighted by molar-refractivity contribution is 5.95. The molecule has 0 aromatic heterocycles. The molecule has 0 spiro atoms. The molecule has 1 heterocycles. The van der Waals surface area contributed by atoms with Crippen LogP contribution in [0.2, 0.25) is 0 Å². The Morgan fingerprint density at radius 2 is 2.12 bits per heavy atom. The van der Waals surface area contributed by atoms with E-state index in [4.69, 9.17) is 5.73 Å². The smallest absolute Gasteiger partial charge is 0.291 e. The predicted molar refractivity (Wildman–Crippen MR) is 86.9 cm³/mol. The van der Waals surface area contributed by atoms with Crippen LogP contribution in [0.5, 0.6) is 0 Å². The lowest BCUT2D eigenvalue weighted by molar-refractivity contribution is -0.116. The van der Waals surface area contributed by atoms with Crippen molar-refractivity contribution < 1.29 is 14.0 Å². The third kappa shape index (κ3) is 3.41. The molecule has 0 saturated carbocycles. The SMILES string of the molecule is NCC(=O)Nc1cc(CC2N=NC(=O)C3=C2CCCC3)ccc1F. The van der Waals surface area contributed by atoms with Gasteiger partial charge < -0.3 is 11.1 Å². The van der Waals surface area contributed by atoms with E-state index in [0.29, 0.717) is 6.42 Å². The Morgan fingerprint density at radius 1 is 1.33 bits per heavy atom. The summed E-state index contributed by atoms with van der Waals surface area (Å²) in [7, 11) is 0. The zero-order valence-electron chi connectivity index (χ0n) is 13.2. The van der Waals surface area contributed by atoms with Crippen molar-refractivity contribution in [3.63, 3.8) is 0 Å². The van der Waals surface area contributed by atoms with Gasteiger partial charge in [-0.2, -0.15) is 5.11 Å². The van der Waals surface area contributed by atoms with Gasteiger partial charge in [-0.1, -0.05) is 6.07 Å². The maximum atomic E-state index is 13.8. The first kappa shape index (κ1) is 16.4. The first-order chi connectivity index (χ1) is 11.6. The van der Waals surface area contributed by atoms with Gasteiger partial charge in [-0.25, -0.2) is 4.39 Å². The topological polar surface area (TPSA) is 96.9 Å². The summed E-state index contributed by atoms with van der Waals surface area (Å²) in [6, 6.07) is 4.35. The molecule has 126 valence electrons. The Bertz CT molecular complexity index is 742. The van der Waals surface area contributed by atoms with Crippen molar-refractivity contribution in [3.8, 4) is 0 Å². The largest absolute Gasteiger partial charge is 0.322 e. The lowest BCUT2D eigenvalue weighted by atomic mass is 9.84. The number of nitrogens with two attached hydrogens (primary N) is 1. The second-order valence-electron chi connectivity index (χ2n) is 6.02. The molecule has 0 radical (unpaired) electrons. The van der Waals surface area contributed by atoms with Crippen LogP contribution in [0.25, 0.3) is 0 Å². The highest BCUT2D eigenvalue weighted by Crippen LogP contribution is 2.34. The number of nitrogens with one attached hydrogen (secondary N) is 1. The number of amides is 2. The van der Waals surface area contributed by atoms with E-state index in [-0.39, 0.29) is 24.2 Å². The fraction of sp³-hybridized carbons (Fsp3) is 0.412. The van der Waals surface area contributed by atoms with E-state index in [9.17, 15) is 14.0 Å². The van der Waals surface area contributed by atoms with Gasteiger partial charge in [-0.05, 0) is 49.0 Å². The van der Waals surface area contributed by atoms with E-state index in [0.717, 1.165) is 42.4 Å². The van der Waals surface area contributed by atoms with E-state index in [1.165, 1.54) is 6.07 Å². The normalized spacial score (nSPS) is 20.1. The van der Waals surface area contributed by atoms with Crippen LogP contribution in [0.3, 0.4) is 0 Å². The molecule has 2 aliphatic rings. The highest BCUT2D eigenvalue weighted by Gasteiger charge is 2.29. The molecule has 6 nitrogen and oxygen atoms in total. The summed E-state index contributed by atoms with van der Waals surface area (Å²) in [5.41, 5.74) is 8.01. The van der Waals surface area contributed by atoms with Gasteiger partial charge in [-0.15, -0.1) is 5.11 Å². The summed E-state index contributed by atoms with van der Waals surface area (Å²) in [5, 5.41) is 10.3. The number of rotatable bonds is 4. The summed E-state index contributed by atoms with van der Waals surface area (Å²) in [6.07, 6.45) is 4.16. The molecular weight excluding hydrogens is 311 g/mol. The van der Waals surface area contributed by atoms with Crippen molar-refractivity contribution in [1.82, 2.24) is 0 Å². The summed E-state index contributed by atoms with van der Waals surface area (Å²) in [4.78, 5) is 23.2. The van der Waals surface area contributed by atoms with Crippen LogP contribution in [0.1, 0.15) is 31.2 Å². The van der Waals surface area contributed by atoms with E-state index >= 15 is 0 Å². The molecule has 24 heavy (non-hydrogen) atoms. The summed E-state index contributed by atoms with van der Waals surface area (Å²) < 4.78 is 13.8. The van der Waals surface area contributed by atoms with Crippen LogP contribution >= 0.6 is 0 Å². The van der Waals surface area contributed by atoms with Crippen molar-refractivity contribution in [2.45, 2.75) is 38.1 Å². The molecule has 0 bridgehead atoms. The molecule has 1 atom stereocenters. The van der Waals surface area contributed by atoms with Crippen molar-refractivity contribution in [2.24, 2.45) is 16.0 Å². The van der Waals surface area contributed by atoms with E-state index in [2.05, 4.69) is 15.5 Å². The summed E-state index contributed by atoms with van der Waals surface area (Å²) in [6.45, 7) is -0.209. The second kappa shape index (κ2) is 7.00. The van der Waals surface area contributed by atoms with Crippen LogP contribution < -0.4 is 11.1 Å². The molecular formula is C17H19FN4O2. The minimum absolute atomic E-state index is 0.102. The van der Waals surface area contributed by atoms with Gasteiger partial charge in [0.1, 0.15) is 5.82 Å².